The molecule has 2 aliphatic heterocycles. The number of amides is 2. The minimum atomic E-state index is -0.504. The van der Waals surface area contributed by atoms with Gasteiger partial charge in [0.05, 0.1) is 19.0 Å². The van der Waals surface area contributed by atoms with E-state index in [0.717, 1.165) is 11.3 Å². The molecule has 3 heterocycles. The Labute approximate surface area is 174 Å². The van der Waals surface area contributed by atoms with E-state index in [9.17, 15) is 14.0 Å². The maximum Gasteiger partial charge on any atom is 0.286 e. The molecule has 2 aromatic rings. The van der Waals surface area contributed by atoms with Gasteiger partial charge in [0.1, 0.15) is 5.82 Å². The van der Waals surface area contributed by atoms with Gasteiger partial charge in [0, 0.05) is 31.6 Å². The van der Waals surface area contributed by atoms with Crippen molar-refractivity contribution in [3.63, 3.8) is 0 Å². The number of hydrogen-bond donors (Lipinski definition) is 1. The summed E-state index contributed by atoms with van der Waals surface area (Å²) in [5.74, 6) is -1.08. The van der Waals surface area contributed by atoms with Crippen LogP contribution < -0.4 is 5.32 Å². The van der Waals surface area contributed by atoms with E-state index in [1.165, 1.54) is 36.0 Å². The van der Waals surface area contributed by atoms with Gasteiger partial charge in [-0.15, -0.1) is 10.2 Å². The number of piperidine rings is 1. The Morgan fingerprint density at radius 3 is 2.55 bits per heavy atom. The topological polar surface area (TPSA) is 93.7 Å². The fourth-order valence-electron chi connectivity index (χ4n) is 3.17. The van der Waals surface area contributed by atoms with Gasteiger partial charge in [0.15, 0.2) is 10.1 Å². The summed E-state index contributed by atoms with van der Waals surface area (Å²) in [6.07, 6.45) is 1.35. The number of thioether (sulfide) groups is 1. The number of hydrogen-bond acceptors (Lipinski definition) is 8. The number of ether oxygens (including phenoxy) is 2. The van der Waals surface area contributed by atoms with E-state index in [1.807, 2.05) is 0 Å². The van der Waals surface area contributed by atoms with Crippen molar-refractivity contribution in [3.05, 3.63) is 35.1 Å². The average Bonchev–Trinajstić information content (AvgIpc) is 3.39. The minimum absolute atomic E-state index is 0.00959. The molecule has 2 saturated heterocycles. The van der Waals surface area contributed by atoms with Crippen LogP contribution in [-0.4, -0.2) is 64.8 Å². The fraction of sp³-hybridized carbons (Fsp3) is 0.444. The molecule has 2 fully saturated rings. The minimum Gasteiger partial charge on any atom is -0.347 e. The first-order valence-corrected chi connectivity index (χ1v) is 10.9. The molecule has 154 valence electrons. The van der Waals surface area contributed by atoms with Crippen LogP contribution in [0.3, 0.4) is 0 Å². The molecule has 1 N–H and O–H groups in total. The molecule has 2 aliphatic rings. The van der Waals surface area contributed by atoms with Gasteiger partial charge in [-0.2, -0.15) is 0 Å². The predicted molar refractivity (Wildman–Crippen MR) is 105 cm³/mol. The standard InChI is InChI=1S/C18H19FN4O4S2/c19-12-1-3-13(4-2-12)20-15(25)16-21-22-17(29-16)28-11-14(24)23-7-5-18(6-8-23)26-9-10-27-18/h1-4H,5-11H2,(H,20,25). The van der Waals surface area contributed by atoms with E-state index in [0.29, 0.717) is 49.2 Å². The first kappa shape index (κ1) is 20.2. The van der Waals surface area contributed by atoms with Crippen molar-refractivity contribution in [2.24, 2.45) is 0 Å². The lowest BCUT2D eigenvalue weighted by molar-refractivity contribution is -0.186. The second-order valence-electron chi connectivity index (χ2n) is 6.61. The Morgan fingerprint density at radius 2 is 1.86 bits per heavy atom. The molecule has 11 heteroatoms. The first-order valence-electron chi connectivity index (χ1n) is 9.12. The smallest absolute Gasteiger partial charge is 0.286 e. The lowest BCUT2D eigenvalue weighted by atomic mass is 10.0. The zero-order chi connectivity index (χ0) is 20.3. The number of nitrogens with one attached hydrogen (secondary N) is 1. The third kappa shape index (κ3) is 4.92. The Bertz CT molecular complexity index is 876. The highest BCUT2D eigenvalue weighted by Crippen LogP contribution is 2.32. The monoisotopic (exact) mass is 438 g/mol. The molecule has 0 unspecified atom stereocenters. The molecule has 8 nitrogen and oxygen atoms in total. The van der Waals surface area contributed by atoms with Crippen molar-refractivity contribution < 1.29 is 23.5 Å². The highest BCUT2D eigenvalue weighted by Gasteiger charge is 2.40. The summed E-state index contributed by atoms with van der Waals surface area (Å²) < 4.78 is 24.8. The Kier molecular flexibility index (Phi) is 6.09. The van der Waals surface area contributed by atoms with E-state index in [-0.39, 0.29) is 22.5 Å². The average molecular weight is 439 g/mol. The van der Waals surface area contributed by atoms with Gasteiger partial charge in [-0.25, -0.2) is 4.39 Å². The maximum atomic E-state index is 12.9. The van der Waals surface area contributed by atoms with Gasteiger partial charge < -0.3 is 19.7 Å². The number of aromatic nitrogens is 2. The van der Waals surface area contributed by atoms with E-state index in [4.69, 9.17) is 9.47 Å². The van der Waals surface area contributed by atoms with Crippen molar-refractivity contribution in [1.82, 2.24) is 15.1 Å². The van der Waals surface area contributed by atoms with Crippen LogP contribution in [0.1, 0.15) is 22.6 Å². The molecule has 2 amide bonds. The highest BCUT2D eigenvalue weighted by molar-refractivity contribution is 8.01. The van der Waals surface area contributed by atoms with E-state index >= 15 is 0 Å². The van der Waals surface area contributed by atoms with Crippen molar-refractivity contribution >= 4 is 40.6 Å². The van der Waals surface area contributed by atoms with Gasteiger partial charge in [-0.3, -0.25) is 9.59 Å². The number of anilines is 1. The molecule has 1 aromatic carbocycles. The van der Waals surface area contributed by atoms with E-state index < -0.39 is 11.7 Å². The summed E-state index contributed by atoms with van der Waals surface area (Å²) in [6, 6.07) is 5.45. The number of likely N-dealkylation sites (tertiary alicyclic amines) is 1. The number of benzene rings is 1. The van der Waals surface area contributed by atoms with Gasteiger partial charge in [-0.05, 0) is 24.3 Å². The summed E-state index contributed by atoms with van der Waals surface area (Å²) in [5.41, 5.74) is 0.467. The van der Waals surface area contributed by atoms with Gasteiger partial charge in [0.2, 0.25) is 10.9 Å². The predicted octanol–water partition coefficient (Wildman–Crippen LogP) is 2.39. The van der Waals surface area contributed by atoms with Crippen LogP contribution in [0, 0.1) is 5.82 Å². The molecule has 0 aliphatic carbocycles. The molecule has 0 bridgehead atoms. The van der Waals surface area contributed by atoms with Crippen molar-refractivity contribution in [2.75, 3.05) is 37.4 Å². The third-order valence-electron chi connectivity index (χ3n) is 4.71. The Morgan fingerprint density at radius 1 is 1.17 bits per heavy atom. The summed E-state index contributed by atoms with van der Waals surface area (Å²) in [6.45, 7) is 2.41. The molecule has 0 saturated carbocycles. The first-order chi connectivity index (χ1) is 14.0. The van der Waals surface area contributed by atoms with Crippen LogP contribution in [0.25, 0.3) is 0 Å². The summed E-state index contributed by atoms with van der Waals surface area (Å²) in [7, 11) is 0. The molecule has 0 atom stereocenters. The molecule has 4 rings (SSSR count). The van der Waals surface area contributed by atoms with Crippen LogP contribution in [0.4, 0.5) is 10.1 Å². The van der Waals surface area contributed by atoms with Crippen LogP contribution >= 0.6 is 23.1 Å². The zero-order valence-corrected chi connectivity index (χ0v) is 17.1. The number of nitrogens with zero attached hydrogens (tertiary/aromatic N) is 3. The van der Waals surface area contributed by atoms with Crippen molar-refractivity contribution in [3.8, 4) is 0 Å². The third-order valence-corrected chi connectivity index (χ3v) is 6.75. The summed E-state index contributed by atoms with van der Waals surface area (Å²) >= 11 is 2.37. The van der Waals surface area contributed by atoms with Crippen LogP contribution in [0.15, 0.2) is 28.6 Å². The Hall–Kier alpha value is -2.08. The largest absolute Gasteiger partial charge is 0.347 e. The van der Waals surface area contributed by atoms with E-state index in [2.05, 4.69) is 15.5 Å². The molecular formula is C18H19FN4O4S2. The second-order valence-corrected chi connectivity index (χ2v) is 8.81. The molecular weight excluding hydrogens is 419 g/mol. The summed E-state index contributed by atoms with van der Waals surface area (Å²) in [5, 5.41) is 10.7. The van der Waals surface area contributed by atoms with Gasteiger partial charge in [-0.1, -0.05) is 23.1 Å². The quantitative estimate of drug-likeness (QED) is 0.717. The SMILES string of the molecule is O=C(Nc1ccc(F)cc1)c1nnc(SCC(=O)N2CCC3(CC2)OCCO3)s1. The van der Waals surface area contributed by atoms with Crippen LogP contribution in [0.2, 0.25) is 0 Å². The fourth-order valence-corrected chi connectivity index (χ4v) is 4.82. The normalized spacial score (nSPS) is 18.2. The van der Waals surface area contributed by atoms with Gasteiger partial charge in [0.25, 0.3) is 5.91 Å². The molecule has 1 aromatic heterocycles. The molecule has 29 heavy (non-hydrogen) atoms. The number of halogens is 1. The van der Waals surface area contributed by atoms with Crippen molar-refractivity contribution in [2.45, 2.75) is 23.0 Å². The zero-order valence-electron chi connectivity index (χ0n) is 15.4. The maximum absolute atomic E-state index is 12.9. The lowest BCUT2D eigenvalue weighted by Crippen LogP contribution is -2.47. The molecule has 1 spiro atoms. The highest BCUT2D eigenvalue weighted by atomic mass is 32.2. The molecule has 0 radical (unpaired) electrons. The number of carbonyl (C=O) groups excluding carboxylic acids is 2. The summed E-state index contributed by atoms with van der Waals surface area (Å²) in [4.78, 5) is 26.5. The van der Waals surface area contributed by atoms with Crippen molar-refractivity contribution in [1.29, 1.82) is 0 Å². The van der Waals surface area contributed by atoms with E-state index in [1.54, 1.807) is 4.90 Å². The lowest BCUT2D eigenvalue weighted by Gasteiger charge is -2.37. The van der Waals surface area contributed by atoms with Gasteiger partial charge >= 0.3 is 0 Å². The Balaban J connectivity index is 1.25. The van der Waals surface area contributed by atoms with Crippen LogP contribution in [0.5, 0.6) is 0 Å². The number of rotatable bonds is 5. The van der Waals surface area contributed by atoms with Crippen LogP contribution in [-0.2, 0) is 14.3 Å². The number of carbonyl (C=O) groups is 2. The second kappa shape index (κ2) is 8.74.